The fourth-order valence-corrected chi connectivity index (χ4v) is 7.20. The number of rotatable bonds is 5. The molecule has 10 heteroatoms. The van der Waals surface area contributed by atoms with Crippen LogP contribution in [0.4, 0.5) is 5.69 Å². The molecule has 0 bridgehead atoms. The molecule has 3 aliphatic heterocycles. The van der Waals surface area contributed by atoms with Gasteiger partial charge in [0, 0.05) is 34.3 Å². The van der Waals surface area contributed by atoms with Gasteiger partial charge in [0.05, 0.1) is 27.6 Å². The first-order valence-electron chi connectivity index (χ1n) is 12.3. The molecular formula is C28H22Cl2N4O4. The van der Waals surface area contributed by atoms with Gasteiger partial charge in [-0.3, -0.25) is 19.8 Å². The van der Waals surface area contributed by atoms with Gasteiger partial charge in [0.25, 0.3) is 11.9 Å². The minimum Gasteiger partial charge on any atom is -0.486 e. The van der Waals surface area contributed by atoms with E-state index in [4.69, 9.17) is 27.9 Å². The molecule has 4 atom stereocenters. The quantitative estimate of drug-likeness (QED) is 0.333. The highest BCUT2D eigenvalue weighted by atomic mass is 35.5. The molecule has 3 aliphatic rings. The van der Waals surface area contributed by atoms with Gasteiger partial charge < -0.3 is 10.1 Å². The number of nitrogens with one attached hydrogen (secondary N) is 1. The van der Waals surface area contributed by atoms with Crippen LogP contribution in [0.1, 0.15) is 41.0 Å². The maximum absolute atomic E-state index is 13.6. The van der Waals surface area contributed by atoms with Crippen LogP contribution in [0.2, 0.25) is 10.0 Å². The third kappa shape index (κ3) is 3.50. The van der Waals surface area contributed by atoms with Gasteiger partial charge in [-0.25, -0.2) is 0 Å². The number of benzene rings is 3. The third-order valence-corrected chi connectivity index (χ3v) is 8.57. The molecule has 6 rings (SSSR count). The standard InChI is InChI=1S/C28H22Cl2N4O4/c29-20-12-18(13-21(30)25(20)38-15-17-7-2-1-6-16(17)14-31)24-23-10-5-11-33(23)28(26(24)34(36)37)19-8-3-4-9-22(19)32-27(28)35/h1-4,6-9,12-13,23-24,26H,5,10-11,15H2,(H,32,35)/t23-,24+,26+,28+/m0/s1. The SMILES string of the molecule is N#Cc1ccccc1COc1c(Cl)cc([C@@H]2[C@@H]3CCCN3[C@@]3(C(=O)Nc4ccccc43)[C@@H]2[N+](=O)[O-])cc1Cl. The van der Waals surface area contributed by atoms with Crippen LogP contribution in [0.15, 0.2) is 60.7 Å². The fraction of sp³-hybridized carbons (Fsp3) is 0.286. The van der Waals surface area contributed by atoms with Crippen molar-refractivity contribution in [3.63, 3.8) is 0 Å². The Hall–Kier alpha value is -3.64. The van der Waals surface area contributed by atoms with E-state index in [0.29, 0.717) is 40.9 Å². The second-order valence-electron chi connectivity index (χ2n) is 9.80. The lowest BCUT2D eigenvalue weighted by atomic mass is 9.77. The molecule has 38 heavy (non-hydrogen) atoms. The van der Waals surface area contributed by atoms with Crippen molar-refractivity contribution >= 4 is 34.8 Å². The van der Waals surface area contributed by atoms with Crippen LogP contribution >= 0.6 is 23.2 Å². The smallest absolute Gasteiger partial charge is 0.256 e. The summed E-state index contributed by atoms with van der Waals surface area (Å²) in [5, 5.41) is 25.4. The molecule has 0 aliphatic carbocycles. The maximum atomic E-state index is 13.6. The molecule has 0 radical (unpaired) electrons. The number of para-hydroxylation sites is 1. The zero-order valence-electron chi connectivity index (χ0n) is 20.1. The predicted molar refractivity (Wildman–Crippen MR) is 142 cm³/mol. The number of nitriles is 1. The van der Waals surface area contributed by atoms with Crippen molar-refractivity contribution in [1.29, 1.82) is 5.26 Å². The van der Waals surface area contributed by atoms with Gasteiger partial charge in [-0.05, 0) is 42.7 Å². The van der Waals surface area contributed by atoms with E-state index in [9.17, 15) is 20.2 Å². The Morgan fingerprint density at radius 1 is 1.16 bits per heavy atom. The number of nitro groups is 1. The van der Waals surface area contributed by atoms with Crippen molar-refractivity contribution in [3.8, 4) is 11.8 Å². The Balaban J connectivity index is 1.41. The molecule has 2 fully saturated rings. The van der Waals surface area contributed by atoms with Gasteiger partial charge in [-0.1, -0.05) is 59.6 Å². The van der Waals surface area contributed by atoms with Crippen molar-refractivity contribution in [2.24, 2.45) is 0 Å². The predicted octanol–water partition coefficient (Wildman–Crippen LogP) is 5.50. The molecular weight excluding hydrogens is 527 g/mol. The molecule has 8 nitrogen and oxygen atoms in total. The summed E-state index contributed by atoms with van der Waals surface area (Å²) in [5.41, 5.74) is 1.59. The minimum absolute atomic E-state index is 0.0833. The summed E-state index contributed by atoms with van der Waals surface area (Å²) >= 11 is 13.3. The van der Waals surface area contributed by atoms with E-state index in [1.165, 1.54) is 0 Å². The molecule has 2 saturated heterocycles. The molecule has 0 saturated carbocycles. The summed E-state index contributed by atoms with van der Waals surface area (Å²) in [5.74, 6) is -0.752. The molecule has 0 unspecified atom stereocenters. The number of fused-ring (bicyclic) bond motifs is 4. The highest BCUT2D eigenvalue weighted by Gasteiger charge is 2.73. The number of ether oxygens (including phenoxy) is 1. The van der Waals surface area contributed by atoms with Crippen LogP contribution in [0.3, 0.4) is 0 Å². The van der Waals surface area contributed by atoms with E-state index in [2.05, 4.69) is 11.4 Å². The van der Waals surface area contributed by atoms with E-state index >= 15 is 0 Å². The number of carbonyl (C=O) groups excluding carboxylic acids is 1. The molecule has 3 aromatic carbocycles. The van der Waals surface area contributed by atoms with Crippen molar-refractivity contribution < 1.29 is 14.5 Å². The average molecular weight is 549 g/mol. The van der Waals surface area contributed by atoms with E-state index in [1.807, 2.05) is 11.0 Å². The number of hydrogen-bond acceptors (Lipinski definition) is 6. The minimum atomic E-state index is -1.42. The van der Waals surface area contributed by atoms with E-state index in [-0.39, 0.29) is 39.3 Å². The highest BCUT2D eigenvalue weighted by Crippen LogP contribution is 2.58. The Morgan fingerprint density at radius 2 is 1.87 bits per heavy atom. The maximum Gasteiger partial charge on any atom is 0.256 e. The number of carbonyl (C=O) groups is 1. The Morgan fingerprint density at radius 3 is 2.61 bits per heavy atom. The Kier molecular flexibility index (Phi) is 6.03. The van der Waals surface area contributed by atoms with Crippen LogP contribution in [0, 0.1) is 21.4 Å². The molecule has 3 aromatic rings. The number of hydrogen-bond donors (Lipinski definition) is 1. The number of amides is 1. The van der Waals surface area contributed by atoms with Crippen LogP contribution in [-0.4, -0.2) is 34.4 Å². The summed E-state index contributed by atoms with van der Waals surface area (Å²) in [6, 6.07) is 18.2. The number of nitrogens with zero attached hydrogens (tertiary/aromatic N) is 3. The second kappa shape index (κ2) is 9.28. The van der Waals surface area contributed by atoms with Crippen LogP contribution in [0.5, 0.6) is 5.75 Å². The van der Waals surface area contributed by atoms with Gasteiger partial charge in [-0.2, -0.15) is 5.26 Å². The molecule has 3 heterocycles. The van der Waals surface area contributed by atoms with Crippen LogP contribution in [-0.2, 0) is 16.9 Å². The van der Waals surface area contributed by atoms with E-state index in [1.54, 1.807) is 54.6 Å². The van der Waals surface area contributed by atoms with Crippen molar-refractivity contribution in [2.45, 2.75) is 43.0 Å². The first-order chi connectivity index (χ1) is 18.4. The summed E-state index contributed by atoms with van der Waals surface area (Å²) in [6.07, 6.45) is 1.54. The first-order valence-corrected chi connectivity index (χ1v) is 13.0. The molecule has 1 N–H and O–H groups in total. The lowest BCUT2D eigenvalue weighted by molar-refractivity contribution is -0.534. The average Bonchev–Trinajstić information content (AvgIpc) is 3.56. The monoisotopic (exact) mass is 548 g/mol. The fourth-order valence-electron chi connectivity index (χ4n) is 6.59. The van der Waals surface area contributed by atoms with Crippen molar-refractivity contribution in [2.75, 3.05) is 11.9 Å². The summed E-state index contributed by atoms with van der Waals surface area (Å²) in [6.45, 7) is 0.661. The normalized spacial score (nSPS) is 25.6. The largest absolute Gasteiger partial charge is 0.486 e. The molecule has 0 aromatic heterocycles. The number of halogens is 2. The van der Waals surface area contributed by atoms with Gasteiger partial charge in [0.2, 0.25) is 0 Å². The summed E-state index contributed by atoms with van der Waals surface area (Å²) in [7, 11) is 0. The Bertz CT molecular complexity index is 1500. The van der Waals surface area contributed by atoms with Gasteiger partial charge in [0.1, 0.15) is 6.61 Å². The zero-order valence-corrected chi connectivity index (χ0v) is 21.6. The van der Waals surface area contributed by atoms with E-state index in [0.717, 1.165) is 6.42 Å². The first kappa shape index (κ1) is 24.7. The highest BCUT2D eigenvalue weighted by molar-refractivity contribution is 6.37. The van der Waals surface area contributed by atoms with Gasteiger partial charge in [0.15, 0.2) is 11.3 Å². The Labute approximate surface area is 228 Å². The molecule has 1 spiro atoms. The number of anilines is 1. The second-order valence-corrected chi connectivity index (χ2v) is 10.6. The zero-order chi connectivity index (χ0) is 26.6. The summed E-state index contributed by atoms with van der Waals surface area (Å²) in [4.78, 5) is 28.1. The van der Waals surface area contributed by atoms with E-state index < -0.39 is 17.5 Å². The summed E-state index contributed by atoms with van der Waals surface area (Å²) < 4.78 is 5.91. The van der Waals surface area contributed by atoms with Crippen LogP contribution < -0.4 is 10.1 Å². The van der Waals surface area contributed by atoms with Crippen molar-refractivity contribution in [3.05, 3.63) is 103 Å². The topological polar surface area (TPSA) is 108 Å². The molecule has 192 valence electrons. The van der Waals surface area contributed by atoms with Crippen LogP contribution in [0.25, 0.3) is 0 Å². The third-order valence-electron chi connectivity index (χ3n) is 8.01. The van der Waals surface area contributed by atoms with Gasteiger partial charge in [-0.15, -0.1) is 0 Å². The lowest BCUT2D eigenvalue weighted by Gasteiger charge is -2.32. The van der Waals surface area contributed by atoms with Crippen molar-refractivity contribution in [1.82, 2.24) is 4.90 Å². The van der Waals surface area contributed by atoms with Gasteiger partial charge >= 0.3 is 0 Å². The lowest BCUT2D eigenvalue weighted by Crippen LogP contribution is -2.55. The molecule has 1 amide bonds.